The Labute approximate surface area is 70.7 Å². The Balaban J connectivity index is 2.56. The monoisotopic (exact) mass is 152 g/mol. The van der Waals surface area contributed by atoms with Crippen molar-refractivity contribution in [3.63, 3.8) is 0 Å². The summed E-state index contributed by atoms with van der Waals surface area (Å²) in [7, 11) is 0. The summed E-state index contributed by atoms with van der Waals surface area (Å²) in [5.74, 6) is 0. The van der Waals surface area contributed by atoms with Gasteiger partial charge in [0.05, 0.1) is 0 Å². The summed E-state index contributed by atoms with van der Waals surface area (Å²) in [6, 6.07) is 0. The Hall–Kier alpha value is -0.260. The third-order valence-corrected chi connectivity index (χ3v) is 2.91. The van der Waals surface area contributed by atoms with E-state index in [0.717, 1.165) is 0 Å². The third kappa shape index (κ3) is 2.36. The lowest BCUT2D eigenvalue weighted by Gasteiger charge is -2.31. The van der Waals surface area contributed by atoms with Crippen LogP contribution in [0.25, 0.3) is 0 Å². The van der Waals surface area contributed by atoms with Crippen LogP contribution in [-0.4, -0.2) is 0 Å². The van der Waals surface area contributed by atoms with Crippen molar-refractivity contribution in [2.24, 2.45) is 5.41 Å². The molecule has 1 aliphatic rings. The molecule has 0 atom stereocenters. The van der Waals surface area contributed by atoms with Crippen molar-refractivity contribution in [1.29, 1.82) is 0 Å². The van der Waals surface area contributed by atoms with Gasteiger partial charge < -0.3 is 0 Å². The molecule has 0 nitrogen and oxygen atoms in total. The van der Waals surface area contributed by atoms with E-state index < -0.39 is 0 Å². The Morgan fingerprint density at radius 2 is 1.55 bits per heavy atom. The molecule has 0 radical (unpaired) electrons. The maximum Gasteiger partial charge on any atom is -0.0313 e. The Bertz CT molecular complexity index is 156. The van der Waals surface area contributed by atoms with E-state index in [1.807, 2.05) is 0 Å². The predicted molar refractivity (Wildman–Crippen MR) is 50.6 cm³/mol. The summed E-state index contributed by atoms with van der Waals surface area (Å²) in [5, 5.41) is 0. The molecule has 64 valence electrons. The standard InChI is InChI=1S/C11H20/c1-9(2)10-5-7-11(3,4)8-6-10/h5-8H2,1-4H3. The highest BCUT2D eigenvalue weighted by Crippen LogP contribution is 2.38. The fraction of sp³-hybridized carbons (Fsp3) is 0.818. The van der Waals surface area contributed by atoms with Gasteiger partial charge in [-0.3, -0.25) is 0 Å². The molecule has 1 rings (SSSR count). The number of allylic oxidation sites excluding steroid dienone is 2. The van der Waals surface area contributed by atoms with Crippen molar-refractivity contribution in [2.45, 2.75) is 53.4 Å². The van der Waals surface area contributed by atoms with Gasteiger partial charge in [0.15, 0.2) is 0 Å². The molecular formula is C11H20. The van der Waals surface area contributed by atoms with Crippen molar-refractivity contribution in [2.75, 3.05) is 0 Å². The highest BCUT2D eigenvalue weighted by atomic mass is 14.3. The van der Waals surface area contributed by atoms with E-state index in [9.17, 15) is 0 Å². The molecule has 0 N–H and O–H groups in total. The van der Waals surface area contributed by atoms with Gasteiger partial charge in [0.1, 0.15) is 0 Å². The zero-order chi connectivity index (χ0) is 8.48. The first-order valence-electron chi connectivity index (χ1n) is 4.66. The van der Waals surface area contributed by atoms with Gasteiger partial charge in [0, 0.05) is 0 Å². The molecule has 1 aliphatic carbocycles. The first kappa shape index (κ1) is 8.83. The van der Waals surface area contributed by atoms with Crippen molar-refractivity contribution in [1.82, 2.24) is 0 Å². The minimum absolute atomic E-state index is 0.610. The summed E-state index contributed by atoms with van der Waals surface area (Å²) in [5.41, 5.74) is 3.88. The minimum atomic E-state index is 0.610. The van der Waals surface area contributed by atoms with Gasteiger partial charge in [-0.25, -0.2) is 0 Å². The highest BCUT2D eigenvalue weighted by Gasteiger charge is 2.23. The first-order valence-corrected chi connectivity index (χ1v) is 4.66. The molecule has 0 aromatic heterocycles. The molecule has 11 heavy (non-hydrogen) atoms. The molecule has 0 heteroatoms. The summed E-state index contributed by atoms with van der Waals surface area (Å²) < 4.78 is 0. The molecule has 0 amide bonds. The molecule has 1 fully saturated rings. The maximum atomic E-state index is 2.38. The normalized spacial score (nSPS) is 23.5. The van der Waals surface area contributed by atoms with Crippen LogP contribution in [0.15, 0.2) is 11.1 Å². The maximum absolute atomic E-state index is 2.38. The van der Waals surface area contributed by atoms with Crippen LogP contribution in [0.2, 0.25) is 0 Å². The summed E-state index contributed by atoms with van der Waals surface area (Å²) in [4.78, 5) is 0. The number of hydrogen-bond donors (Lipinski definition) is 0. The van der Waals surface area contributed by atoms with Crippen molar-refractivity contribution < 1.29 is 0 Å². The molecule has 0 aromatic rings. The summed E-state index contributed by atoms with van der Waals surface area (Å²) >= 11 is 0. The molecule has 0 unspecified atom stereocenters. The van der Waals surface area contributed by atoms with Gasteiger partial charge >= 0.3 is 0 Å². The molecule has 0 saturated heterocycles. The van der Waals surface area contributed by atoms with Crippen LogP contribution in [0.4, 0.5) is 0 Å². The number of hydrogen-bond acceptors (Lipinski definition) is 0. The van der Waals surface area contributed by atoms with Crippen LogP contribution in [-0.2, 0) is 0 Å². The molecule has 0 bridgehead atoms. The van der Waals surface area contributed by atoms with Crippen LogP contribution in [0.3, 0.4) is 0 Å². The van der Waals surface area contributed by atoms with Crippen LogP contribution in [0.1, 0.15) is 53.4 Å². The van der Waals surface area contributed by atoms with E-state index in [0.29, 0.717) is 5.41 Å². The first-order chi connectivity index (χ1) is 5.01. The zero-order valence-corrected chi connectivity index (χ0v) is 8.33. The van der Waals surface area contributed by atoms with Crippen LogP contribution < -0.4 is 0 Å². The lowest BCUT2D eigenvalue weighted by molar-refractivity contribution is 0.277. The molecule has 0 aliphatic heterocycles. The number of rotatable bonds is 0. The second-order valence-electron chi connectivity index (χ2n) is 4.77. The van der Waals surface area contributed by atoms with E-state index in [-0.39, 0.29) is 0 Å². The van der Waals surface area contributed by atoms with Crippen molar-refractivity contribution in [3.8, 4) is 0 Å². The van der Waals surface area contributed by atoms with Crippen LogP contribution in [0.5, 0.6) is 0 Å². The van der Waals surface area contributed by atoms with Crippen molar-refractivity contribution >= 4 is 0 Å². The smallest absolute Gasteiger partial charge is 0.0313 e. The van der Waals surface area contributed by atoms with Gasteiger partial charge in [0.25, 0.3) is 0 Å². The van der Waals surface area contributed by atoms with E-state index in [1.54, 1.807) is 11.1 Å². The minimum Gasteiger partial charge on any atom is -0.0772 e. The fourth-order valence-electron chi connectivity index (χ4n) is 1.73. The van der Waals surface area contributed by atoms with Crippen molar-refractivity contribution in [3.05, 3.63) is 11.1 Å². The van der Waals surface area contributed by atoms with Gasteiger partial charge in [-0.1, -0.05) is 25.0 Å². The lowest BCUT2D eigenvalue weighted by Crippen LogP contribution is -2.16. The average molecular weight is 152 g/mol. The molecule has 1 saturated carbocycles. The fourth-order valence-corrected chi connectivity index (χ4v) is 1.73. The highest BCUT2D eigenvalue weighted by molar-refractivity contribution is 5.12. The average Bonchev–Trinajstić information content (AvgIpc) is 1.86. The Morgan fingerprint density at radius 3 is 1.91 bits per heavy atom. The molecular weight excluding hydrogens is 132 g/mol. The van der Waals surface area contributed by atoms with E-state index in [1.165, 1.54) is 25.7 Å². The van der Waals surface area contributed by atoms with Crippen LogP contribution in [0, 0.1) is 5.41 Å². The summed E-state index contributed by atoms with van der Waals surface area (Å²) in [6.07, 6.45) is 5.45. The molecule has 0 aromatic carbocycles. The SMILES string of the molecule is CC(C)=C1CCC(C)(C)CC1. The molecule has 0 spiro atoms. The van der Waals surface area contributed by atoms with Gasteiger partial charge in [0.2, 0.25) is 0 Å². The largest absolute Gasteiger partial charge is 0.0772 e. The van der Waals surface area contributed by atoms with Gasteiger partial charge in [-0.2, -0.15) is 0 Å². The lowest BCUT2D eigenvalue weighted by atomic mass is 9.75. The van der Waals surface area contributed by atoms with Gasteiger partial charge in [-0.15, -0.1) is 0 Å². The topological polar surface area (TPSA) is 0 Å². The molecule has 0 heterocycles. The zero-order valence-electron chi connectivity index (χ0n) is 8.33. The van der Waals surface area contributed by atoms with E-state index >= 15 is 0 Å². The Morgan fingerprint density at radius 1 is 1.09 bits per heavy atom. The predicted octanol–water partition coefficient (Wildman–Crippen LogP) is 3.92. The second-order valence-corrected chi connectivity index (χ2v) is 4.77. The van der Waals surface area contributed by atoms with Crippen LogP contribution >= 0.6 is 0 Å². The van der Waals surface area contributed by atoms with Gasteiger partial charge in [-0.05, 0) is 44.9 Å². The van der Waals surface area contributed by atoms with E-state index in [2.05, 4.69) is 27.7 Å². The third-order valence-electron chi connectivity index (χ3n) is 2.91. The van der Waals surface area contributed by atoms with E-state index in [4.69, 9.17) is 0 Å². The quantitative estimate of drug-likeness (QED) is 0.461. The second kappa shape index (κ2) is 3.00. The Kier molecular flexibility index (Phi) is 2.41. The summed E-state index contributed by atoms with van der Waals surface area (Å²) in [6.45, 7) is 9.25.